The zero-order valence-electron chi connectivity index (χ0n) is 11.6. The first-order chi connectivity index (χ1) is 9.18. The van der Waals surface area contributed by atoms with E-state index in [1.54, 1.807) is 0 Å². The van der Waals surface area contributed by atoms with E-state index in [-0.39, 0.29) is 5.41 Å². The van der Waals surface area contributed by atoms with Gasteiger partial charge >= 0.3 is 7.32 Å². The zero-order valence-corrected chi connectivity index (χ0v) is 11.6. The lowest BCUT2D eigenvalue weighted by Crippen LogP contribution is -2.31. The van der Waals surface area contributed by atoms with Gasteiger partial charge in [0.25, 0.3) is 0 Å². The van der Waals surface area contributed by atoms with Gasteiger partial charge in [-0.15, -0.1) is 0 Å². The van der Waals surface area contributed by atoms with Gasteiger partial charge in [0.2, 0.25) is 0 Å². The normalized spacial score (nSPS) is 18.1. The molecular weight excluding hydrogens is 239 g/mol. The maximum Gasteiger partial charge on any atom is 0.707 e. The minimum atomic E-state index is -1.75. The molecule has 1 aromatic carbocycles. The van der Waals surface area contributed by atoms with E-state index in [1.165, 1.54) is 32.1 Å². The molecule has 0 radical (unpaired) electrons. The fourth-order valence-corrected chi connectivity index (χ4v) is 3.48. The smallest absolute Gasteiger partial charge is 0.512 e. The topological polar surface area (TPSA) is 49.7 Å². The fourth-order valence-electron chi connectivity index (χ4n) is 3.48. The third-order valence-electron chi connectivity index (χ3n) is 4.23. The number of para-hydroxylation sites is 1. The highest BCUT2D eigenvalue weighted by molar-refractivity contribution is 6.33. The molecule has 1 aliphatic carbocycles. The van der Waals surface area contributed by atoms with Crippen molar-refractivity contribution >= 4 is 7.32 Å². The molecule has 0 aliphatic heterocycles. The number of benzene rings is 1. The van der Waals surface area contributed by atoms with Crippen LogP contribution in [0.15, 0.2) is 24.3 Å². The molecule has 1 aromatic rings. The van der Waals surface area contributed by atoms with Crippen LogP contribution in [0.5, 0.6) is 5.75 Å². The van der Waals surface area contributed by atoms with Gasteiger partial charge in [0.05, 0.1) is 0 Å². The summed E-state index contributed by atoms with van der Waals surface area (Å²) in [6, 6.07) is 7.81. The van der Waals surface area contributed by atoms with Crippen LogP contribution in [0.25, 0.3) is 0 Å². The molecule has 0 unspecified atom stereocenters. The fraction of sp³-hybridized carbons (Fsp3) is 0.600. The standard InChI is InChI=1S/C15H23BO3/c1-2-10-15(11-6-3-7-12-15)13-8-4-5-9-14(13)19-16(17)18/h4-5,8-9,17-18H,2-3,6-7,10-12H2,1H3. The minimum Gasteiger partial charge on any atom is -0.512 e. The van der Waals surface area contributed by atoms with E-state index in [4.69, 9.17) is 14.7 Å². The SMILES string of the molecule is CCCC1(c2ccccc2OB(O)O)CCCCC1. The van der Waals surface area contributed by atoms with Crippen LogP contribution in [0.4, 0.5) is 0 Å². The predicted octanol–water partition coefficient (Wildman–Crippen LogP) is 3.04. The molecule has 0 heterocycles. The van der Waals surface area contributed by atoms with E-state index in [9.17, 15) is 0 Å². The molecule has 1 saturated carbocycles. The molecule has 0 bridgehead atoms. The van der Waals surface area contributed by atoms with E-state index >= 15 is 0 Å². The first-order valence-electron chi connectivity index (χ1n) is 7.30. The van der Waals surface area contributed by atoms with Crippen molar-refractivity contribution in [3.8, 4) is 5.75 Å². The summed E-state index contributed by atoms with van der Waals surface area (Å²) in [7, 11) is -1.75. The second-order valence-corrected chi connectivity index (χ2v) is 5.53. The first kappa shape index (κ1) is 14.4. The van der Waals surface area contributed by atoms with Gasteiger partial charge in [0.15, 0.2) is 0 Å². The van der Waals surface area contributed by atoms with Gasteiger partial charge in [-0.25, -0.2) is 0 Å². The summed E-state index contributed by atoms with van der Waals surface area (Å²) in [5.41, 5.74) is 1.29. The van der Waals surface area contributed by atoms with E-state index in [1.807, 2.05) is 18.2 Å². The first-order valence-corrected chi connectivity index (χ1v) is 7.30. The highest BCUT2D eigenvalue weighted by Gasteiger charge is 2.35. The van der Waals surface area contributed by atoms with Crippen molar-refractivity contribution in [1.29, 1.82) is 0 Å². The highest BCUT2D eigenvalue weighted by atomic mass is 16.6. The Morgan fingerprint density at radius 2 is 1.84 bits per heavy atom. The molecule has 104 valence electrons. The minimum absolute atomic E-state index is 0.151. The summed E-state index contributed by atoms with van der Waals surface area (Å²) < 4.78 is 5.18. The van der Waals surface area contributed by atoms with Crippen molar-refractivity contribution in [3.05, 3.63) is 29.8 Å². The zero-order chi connectivity index (χ0) is 13.7. The van der Waals surface area contributed by atoms with Crippen LogP contribution < -0.4 is 4.65 Å². The Morgan fingerprint density at radius 3 is 2.47 bits per heavy atom. The van der Waals surface area contributed by atoms with Crippen LogP contribution in [0, 0.1) is 0 Å². The van der Waals surface area contributed by atoms with E-state index in [0.29, 0.717) is 5.75 Å². The van der Waals surface area contributed by atoms with Crippen molar-refractivity contribution in [2.24, 2.45) is 0 Å². The van der Waals surface area contributed by atoms with E-state index in [0.717, 1.165) is 18.4 Å². The lowest BCUT2D eigenvalue weighted by molar-refractivity contribution is 0.253. The van der Waals surface area contributed by atoms with Gasteiger partial charge in [-0.05, 0) is 36.3 Å². The molecule has 0 aromatic heterocycles. The molecule has 1 aliphatic rings. The molecule has 0 saturated heterocycles. The molecule has 0 spiro atoms. The van der Waals surface area contributed by atoms with E-state index in [2.05, 4.69) is 13.0 Å². The Morgan fingerprint density at radius 1 is 1.16 bits per heavy atom. The average Bonchev–Trinajstić information content (AvgIpc) is 2.40. The van der Waals surface area contributed by atoms with Crippen molar-refractivity contribution in [2.45, 2.75) is 57.3 Å². The molecule has 0 atom stereocenters. The Kier molecular flexibility index (Phi) is 4.89. The molecule has 4 heteroatoms. The molecule has 0 amide bonds. The van der Waals surface area contributed by atoms with Crippen LogP contribution in [0.1, 0.15) is 57.4 Å². The predicted molar refractivity (Wildman–Crippen MR) is 76.9 cm³/mol. The number of rotatable bonds is 5. The highest BCUT2D eigenvalue weighted by Crippen LogP contribution is 2.46. The van der Waals surface area contributed by atoms with Gasteiger partial charge < -0.3 is 14.7 Å². The number of hydrogen-bond acceptors (Lipinski definition) is 3. The summed E-state index contributed by atoms with van der Waals surface area (Å²) in [4.78, 5) is 0. The lowest BCUT2D eigenvalue weighted by atomic mass is 9.66. The molecular formula is C15H23BO3. The largest absolute Gasteiger partial charge is 0.707 e. The average molecular weight is 262 g/mol. The summed E-state index contributed by atoms with van der Waals surface area (Å²) >= 11 is 0. The molecule has 2 rings (SSSR count). The summed E-state index contributed by atoms with van der Waals surface area (Å²) in [6.45, 7) is 2.21. The van der Waals surface area contributed by atoms with Crippen LogP contribution in [-0.2, 0) is 5.41 Å². The van der Waals surface area contributed by atoms with Crippen LogP contribution in [0.3, 0.4) is 0 Å². The lowest BCUT2D eigenvalue weighted by Gasteiger charge is -2.39. The Labute approximate surface area is 115 Å². The second-order valence-electron chi connectivity index (χ2n) is 5.53. The van der Waals surface area contributed by atoms with Gasteiger partial charge in [0, 0.05) is 0 Å². The molecule has 19 heavy (non-hydrogen) atoms. The van der Waals surface area contributed by atoms with Crippen LogP contribution in [-0.4, -0.2) is 17.4 Å². The number of hydrogen-bond donors (Lipinski definition) is 2. The monoisotopic (exact) mass is 262 g/mol. The van der Waals surface area contributed by atoms with E-state index < -0.39 is 7.32 Å². The van der Waals surface area contributed by atoms with Crippen LogP contribution >= 0.6 is 0 Å². The Hall–Kier alpha value is -0.995. The Balaban J connectivity index is 2.35. The van der Waals surface area contributed by atoms with Crippen molar-refractivity contribution in [1.82, 2.24) is 0 Å². The molecule has 2 N–H and O–H groups in total. The van der Waals surface area contributed by atoms with Gasteiger partial charge in [-0.2, -0.15) is 0 Å². The van der Waals surface area contributed by atoms with Crippen LogP contribution in [0.2, 0.25) is 0 Å². The summed E-state index contributed by atoms with van der Waals surface area (Å²) in [6.07, 6.45) is 8.40. The third kappa shape index (κ3) is 3.31. The third-order valence-corrected chi connectivity index (χ3v) is 4.23. The van der Waals surface area contributed by atoms with Gasteiger partial charge in [-0.1, -0.05) is 50.8 Å². The maximum absolute atomic E-state index is 9.08. The van der Waals surface area contributed by atoms with Gasteiger partial charge in [0.1, 0.15) is 5.75 Å². The Bertz CT molecular complexity index is 395. The maximum atomic E-state index is 9.08. The van der Waals surface area contributed by atoms with Crippen molar-refractivity contribution < 1.29 is 14.7 Å². The van der Waals surface area contributed by atoms with Gasteiger partial charge in [-0.3, -0.25) is 0 Å². The summed E-state index contributed by atoms with van der Waals surface area (Å²) in [5, 5.41) is 18.2. The quantitative estimate of drug-likeness (QED) is 0.802. The second kappa shape index (κ2) is 6.44. The molecule has 3 nitrogen and oxygen atoms in total. The van der Waals surface area contributed by atoms with Crippen molar-refractivity contribution in [3.63, 3.8) is 0 Å². The van der Waals surface area contributed by atoms with Crippen molar-refractivity contribution in [2.75, 3.05) is 0 Å². The molecule has 1 fully saturated rings. The summed E-state index contributed by atoms with van der Waals surface area (Å²) in [5.74, 6) is 0.618.